The van der Waals surface area contributed by atoms with Gasteiger partial charge in [0, 0.05) is 0 Å². The summed E-state index contributed by atoms with van der Waals surface area (Å²) in [6.07, 6.45) is 11.9. The number of rotatable bonds is 6. The van der Waals surface area contributed by atoms with Crippen LogP contribution in [0.2, 0.25) is 0 Å². The minimum atomic E-state index is -0.442. The van der Waals surface area contributed by atoms with Crippen LogP contribution < -0.4 is 0 Å². The summed E-state index contributed by atoms with van der Waals surface area (Å²) in [4.78, 5) is 10.4. The van der Waals surface area contributed by atoms with Gasteiger partial charge in [0.25, 0.3) is 0 Å². The SMILES string of the molecule is CC(C=CC=C(C)C(O)CC1=C(C)CCCC1(C)C)=CC=O. The third-order valence-electron chi connectivity index (χ3n) is 4.66. The van der Waals surface area contributed by atoms with E-state index in [1.807, 2.05) is 32.1 Å². The second kappa shape index (κ2) is 8.28. The molecular weight excluding hydrogens is 272 g/mol. The molecule has 0 aliphatic heterocycles. The Labute approximate surface area is 135 Å². The van der Waals surface area contributed by atoms with Crippen LogP contribution in [-0.2, 0) is 4.79 Å². The average molecular weight is 302 g/mol. The van der Waals surface area contributed by atoms with Gasteiger partial charge in [0.15, 0.2) is 0 Å². The van der Waals surface area contributed by atoms with Gasteiger partial charge in [-0.3, -0.25) is 4.79 Å². The Balaban J connectivity index is 2.77. The van der Waals surface area contributed by atoms with E-state index >= 15 is 0 Å². The molecule has 0 aromatic rings. The highest BCUT2D eigenvalue weighted by Gasteiger charge is 2.29. The van der Waals surface area contributed by atoms with Crippen molar-refractivity contribution in [3.8, 4) is 0 Å². The molecule has 1 atom stereocenters. The molecule has 1 N–H and O–H groups in total. The van der Waals surface area contributed by atoms with E-state index in [9.17, 15) is 9.90 Å². The fraction of sp³-hybridized carbons (Fsp3) is 0.550. The van der Waals surface area contributed by atoms with E-state index in [1.165, 1.54) is 30.1 Å². The molecule has 0 aromatic carbocycles. The van der Waals surface area contributed by atoms with Gasteiger partial charge in [-0.15, -0.1) is 0 Å². The number of aliphatic hydroxyl groups excluding tert-OH is 1. The van der Waals surface area contributed by atoms with Crippen molar-refractivity contribution >= 4 is 6.29 Å². The van der Waals surface area contributed by atoms with E-state index in [-0.39, 0.29) is 5.41 Å². The van der Waals surface area contributed by atoms with Crippen LogP contribution in [0.4, 0.5) is 0 Å². The first-order valence-corrected chi connectivity index (χ1v) is 8.12. The molecule has 0 bridgehead atoms. The summed E-state index contributed by atoms with van der Waals surface area (Å²) >= 11 is 0. The quantitative estimate of drug-likeness (QED) is 0.327. The molecular formula is C20H30O2. The molecule has 0 heterocycles. The van der Waals surface area contributed by atoms with Gasteiger partial charge in [0.1, 0.15) is 6.29 Å². The molecule has 2 nitrogen and oxygen atoms in total. The zero-order chi connectivity index (χ0) is 16.8. The van der Waals surface area contributed by atoms with Crippen molar-refractivity contribution in [2.24, 2.45) is 5.41 Å². The largest absolute Gasteiger partial charge is 0.388 e. The van der Waals surface area contributed by atoms with E-state index in [2.05, 4.69) is 20.8 Å². The summed E-state index contributed by atoms with van der Waals surface area (Å²) in [5.41, 5.74) is 4.92. The highest BCUT2D eigenvalue weighted by Crippen LogP contribution is 2.42. The minimum Gasteiger partial charge on any atom is -0.388 e. The Bertz CT molecular complexity index is 516. The van der Waals surface area contributed by atoms with E-state index in [0.717, 1.165) is 30.3 Å². The molecule has 1 unspecified atom stereocenters. The predicted octanol–water partition coefficient (Wildman–Crippen LogP) is 4.91. The third-order valence-corrected chi connectivity index (χ3v) is 4.66. The lowest BCUT2D eigenvalue weighted by Gasteiger charge is -2.35. The number of allylic oxidation sites excluding steroid dienone is 6. The normalized spacial score (nSPS) is 21.4. The van der Waals surface area contributed by atoms with Crippen LogP contribution in [0, 0.1) is 5.41 Å². The molecule has 1 rings (SSSR count). The zero-order valence-corrected chi connectivity index (χ0v) is 14.6. The van der Waals surface area contributed by atoms with Crippen molar-refractivity contribution in [3.05, 3.63) is 46.6 Å². The first kappa shape index (κ1) is 18.6. The van der Waals surface area contributed by atoms with Gasteiger partial charge in [-0.1, -0.05) is 43.2 Å². The lowest BCUT2D eigenvalue weighted by Crippen LogP contribution is -2.24. The lowest BCUT2D eigenvalue weighted by atomic mass is 9.70. The van der Waals surface area contributed by atoms with E-state index in [0.29, 0.717) is 0 Å². The molecule has 0 aromatic heterocycles. The van der Waals surface area contributed by atoms with Crippen molar-refractivity contribution in [1.82, 2.24) is 0 Å². The van der Waals surface area contributed by atoms with E-state index in [1.54, 1.807) is 0 Å². The van der Waals surface area contributed by atoms with Crippen LogP contribution in [0.25, 0.3) is 0 Å². The Morgan fingerprint density at radius 3 is 2.59 bits per heavy atom. The molecule has 0 saturated carbocycles. The van der Waals surface area contributed by atoms with Gasteiger partial charge in [-0.2, -0.15) is 0 Å². The van der Waals surface area contributed by atoms with Crippen LogP contribution >= 0.6 is 0 Å². The zero-order valence-electron chi connectivity index (χ0n) is 14.6. The summed E-state index contributed by atoms with van der Waals surface area (Å²) < 4.78 is 0. The first-order valence-electron chi connectivity index (χ1n) is 8.12. The number of hydrogen-bond acceptors (Lipinski definition) is 2. The number of aldehydes is 1. The monoisotopic (exact) mass is 302 g/mol. The summed E-state index contributed by atoms with van der Waals surface area (Å²) in [7, 11) is 0. The Hall–Kier alpha value is -1.41. The van der Waals surface area contributed by atoms with Gasteiger partial charge >= 0.3 is 0 Å². The lowest BCUT2D eigenvalue weighted by molar-refractivity contribution is -0.104. The van der Waals surface area contributed by atoms with Crippen molar-refractivity contribution in [2.45, 2.75) is 66.4 Å². The average Bonchev–Trinajstić information content (AvgIpc) is 2.42. The fourth-order valence-electron chi connectivity index (χ4n) is 3.11. The predicted molar refractivity (Wildman–Crippen MR) is 93.7 cm³/mol. The molecule has 0 radical (unpaired) electrons. The summed E-state index contributed by atoms with van der Waals surface area (Å²) in [6, 6.07) is 0. The standard InChI is InChI=1S/C20H30O2/c1-15(11-13-21)8-6-9-17(3)19(22)14-18-16(2)10-7-12-20(18,4)5/h6,8-9,11,13,19,22H,7,10,12,14H2,1-5H3. The van der Waals surface area contributed by atoms with Crippen LogP contribution in [0.5, 0.6) is 0 Å². The van der Waals surface area contributed by atoms with Crippen LogP contribution in [0.15, 0.2) is 46.6 Å². The van der Waals surface area contributed by atoms with Gasteiger partial charge in [0.2, 0.25) is 0 Å². The molecule has 1 aliphatic carbocycles. The highest BCUT2D eigenvalue weighted by molar-refractivity contribution is 5.66. The smallest absolute Gasteiger partial charge is 0.143 e. The van der Waals surface area contributed by atoms with Crippen molar-refractivity contribution in [2.75, 3.05) is 0 Å². The second-order valence-corrected chi connectivity index (χ2v) is 7.03. The third kappa shape index (κ3) is 5.42. The molecule has 0 spiro atoms. The molecule has 122 valence electrons. The maximum absolute atomic E-state index is 10.5. The molecule has 22 heavy (non-hydrogen) atoms. The fourth-order valence-corrected chi connectivity index (χ4v) is 3.11. The minimum absolute atomic E-state index is 0.197. The molecule has 0 fully saturated rings. The Morgan fingerprint density at radius 2 is 2.00 bits per heavy atom. The second-order valence-electron chi connectivity index (χ2n) is 7.03. The first-order chi connectivity index (χ1) is 10.3. The van der Waals surface area contributed by atoms with E-state index < -0.39 is 6.10 Å². The van der Waals surface area contributed by atoms with Crippen molar-refractivity contribution < 1.29 is 9.90 Å². The van der Waals surface area contributed by atoms with Crippen LogP contribution in [0.3, 0.4) is 0 Å². The van der Waals surface area contributed by atoms with Gasteiger partial charge in [-0.05, 0) is 69.1 Å². The van der Waals surface area contributed by atoms with Gasteiger partial charge in [0.05, 0.1) is 6.10 Å². The van der Waals surface area contributed by atoms with Crippen molar-refractivity contribution in [1.29, 1.82) is 0 Å². The Kier molecular flexibility index (Phi) is 7.02. The maximum atomic E-state index is 10.5. The van der Waals surface area contributed by atoms with Gasteiger partial charge in [-0.25, -0.2) is 0 Å². The summed E-state index contributed by atoms with van der Waals surface area (Å²) in [6.45, 7) is 10.6. The number of aliphatic hydroxyl groups is 1. The maximum Gasteiger partial charge on any atom is 0.143 e. The number of hydrogen-bond donors (Lipinski definition) is 1. The molecule has 0 saturated heterocycles. The Morgan fingerprint density at radius 1 is 1.32 bits per heavy atom. The summed E-state index contributed by atoms with van der Waals surface area (Å²) in [5, 5.41) is 10.5. The van der Waals surface area contributed by atoms with Crippen LogP contribution in [0.1, 0.15) is 60.3 Å². The van der Waals surface area contributed by atoms with Crippen LogP contribution in [-0.4, -0.2) is 17.5 Å². The molecule has 1 aliphatic rings. The van der Waals surface area contributed by atoms with Crippen molar-refractivity contribution in [3.63, 3.8) is 0 Å². The van der Waals surface area contributed by atoms with E-state index in [4.69, 9.17) is 0 Å². The molecule has 2 heteroatoms. The number of carbonyl (C=O) groups excluding carboxylic acids is 1. The topological polar surface area (TPSA) is 37.3 Å². The highest BCUT2D eigenvalue weighted by atomic mass is 16.3. The van der Waals surface area contributed by atoms with Gasteiger partial charge < -0.3 is 5.11 Å². The number of carbonyl (C=O) groups is 1. The summed E-state index contributed by atoms with van der Waals surface area (Å²) in [5.74, 6) is 0. The molecule has 0 amide bonds.